The first-order chi connectivity index (χ1) is 12.8. The number of nitrogens with one attached hydrogen (secondary N) is 1. The van der Waals surface area contributed by atoms with Gasteiger partial charge in [-0.1, -0.05) is 74.0 Å². The highest BCUT2D eigenvalue weighted by molar-refractivity contribution is 6.30. The van der Waals surface area contributed by atoms with Crippen LogP contribution in [0.2, 0.25) is 5.02 Å². The molecule has 2 aromatic carbocycles. The maximum atomic E-state index is 5.96. The van der Waals surface area contributed by atoms with Crippen molar-refractivity contribution in [2.24, 2.45) is 0 Å². The maximum Gasteiger partial charge on any atom is 0.0406 e. The van der Waals surface area contributed by atoms with Crippen molar-refractivity contribution in [3.63, 3.8) is 0 Å². The highest BCUT2D eigenvalue weighted by atomic mass is 35.5. The van der Waals surface area contributed by atoms with E-state index in [4.69, 9.17) is 11.6 Å². The Morgan fingerprint density at radius 1 is 1.04 bits per heavy atom. The molecule has 0 atom stereocenters. The predicted octanol–water partition coefficient (Wildman–Crippen LogP) is 5.76. The fourth-order valence-corrected chi connectivity index (χ4v) is 2.96. The molecule has 1 N–H and O–H groups in total. The van der Waals surface area contributed by atoms with E-state index in [2.05, 4.69) is 58.9 Å². The van der Waals surface area contributed by atoms with Crippen LogP contribution in [0.4, 0.5) is 0 Å². The Kier molecular flexibility index (Phi) is 9.02. The van der Waals surface area contributed by atoms with Gasteiger partial charge in [0, 0.05) is 36.6 Å². The molecule has 0 aliphatic carbocycles. The number of hydrogen-bond acceptors (Lipinski definition) is 2. The number of benzene rings is 2. The first-order valence-corrected chi connectivity index (χ1v) is 9.83. The maximum absolute atomic E-state index is 5.96. The summed E-state index contributed by atoms with van der Waals surface area (Å²) in [6, 6.07) is 18.6. The molecule has 2 nitrogen and oxygen atoms in total. The van der Waals surface area contributed by atoms with Gasteiger partial charge in [0.1, 0.15) is 0 Å². The SMILES string of the molecule is CC.Clc1ccc(/C=C/N(CCc2ccccc2)C2=CCNCC2)cc1. The summed E-state index contributed by atoms with van der Waals surface area (Å²) < 4.78 is 0. The van der Waals surface area contributed by atoms with Crippen molar-refractivity contribution >= 4 is 17.7 Å². The highest BCUT2D eigenvalue weighted by Gasteiger charge is 2.10. The van der Waals surface area contributed by atoms with E-state index in [1.54, 1.807) is 0 Å². The normalized spacial score (nSPS) is 13.7. The van der Waals surface area contributed by atoms with Crippen molar-refractivity contribution in [1.82, 2.24) is 10.2 Å². The zero-order valence-corrected chi connectivity index (χ0v) is 16.5. The van der Waals surface area contributed by atoms with Gasteiger partial charge >= 0.3 is 0 Å². The zero-order chi connectivity index (χ0) is 18.6. The van der Waals surface area contributed by atoms with E-state index in [-0.39, 0.29) is 0 Å². The minimum absolute atomic E-state index is 0.772. The lowest BCUT2D eigenvalue weighted by Gasteiger charge is -2.26. The standard InChI is InChI=1S/C21H23ClN2.C2H6/c22-20-8-6-19(7-9-20)13-17-24(21-10-14-23-15-11-21)16-12-18-4-2-1-3-5-18;1-2/h1-10,13,17,23H,11-12,14-16H2;1-2H3/b17-13+;. The quantitative estimate of drug-likeness (QED) is 0.697. The summed E-state index contributed by atoms with van der Waals surface area (Å²) in [5.41, 5.74) is 3.94. The molecule has 0 saturated carbocycles. The van der Waals surface area contributed by atoms with Gasteiger partial charge < -0.3 is 10.2 Å². The highest BCUT2D eigenvalue weighted by Crippen LogP contribution is 2.16. The van der Waals surface area contributed by atoms with Crippen molar-refractivity contribution < 1.29 is 0 Å². The van der Waals surface area contributed by atoms with Gasteiger partial charge in [0.05, 0.1) is 0 Å². The fourth-order valence-electron chi connectivity index (χ4n) is 2.83. The Morgan fingerprint density at radius 2 is 1.77 bits per heavy atom. The van der Waals surface area contributed by atoms with Crippen LogP contribution < -0.4 is 5.32 Å². The van der Waals surface area contributed by atoms with Crippen molar-refractivity contribution in [2.45, 2.75) is 26.7 Å². The van der Waals surface area contributed by atoms with Crippen LogP contribution in [0.1, 0.15) is 31.4 Å². The lowest BCUT2D eigenvalue weighted by atomic mass is 10.1. The van der Waals surface area contributed by atoms with Crippen LogP contribution in [0.3, 0.4) is 0 Å². The fraction of sp³-hybridized carbons (Fsp3) is 0.304. The molecule has 0 aromatic heterocycles. The Labute approximate surface area is 163 Å². The van der Waals surface area contributed by atoms with Crippen LogP contribution >= 0.6 is 11.6 Å². The number of rotatable bonds is 6. The average molecular weight is 369 g/mol. The van der Waals surface area contributed by atoms with E-state index in [9.17, 15) is 0 Å². The molecule has 0 radical (unpaired) electrons. The molecular weight excluding hydrogens is 340 g/mol. The molecule has 26 heavy (non-hydrogen) atoms. The first-order valence-electron chi connectivity index (χ1n) is 9.45. The monoisotopic (exact) mass is 368 g/mol. The van der Waals surface area contributed by atoms with Gasteiger partial charge in [0.15, 0.2) is 0 Å². The molecule has 3 rings (SSSR count). The molecule has 0 bridgehead atoms. The molecule has 138 valence electrons. The van der Waals surface area contributed by atoms with Crippen LogP contribution in [-0.2, 0) is 6.42 Å². The van der Waals surface area contributed by atoms with Crippen molar-refractivity contribution in [1.29, 1.82) is 0 Å². The summed E-state index contributed by atoms with van der Waals surface area (Å²) in [5, 5.41) is 4.15. The van der Waals surface area contributed by atoms with Gasteiger partial charge in [-0.05, 0) is 42.2 Å². The summed E-state index contributed by atoms with van der Waals surface area (Å²) in [5.74, 6) is 0. The van der Waals surface area contributed by atoms with Gasteiger partial charge in [-0.25, -0.2) is 0 Å². The Morgan fingerprint density at radius 3 is 2.42 bits per heavy atom. The second kappa shape index (κ2) is 11.6. The summed E-state index contributed by atoms with van der Waals surface area (Å²) in [6.07, 6.45) is 8.75. The molecule has 0 saturated heterocycles. The number of hydrogen-bond donors (Lipinski definition) is 1. The Balaban J connectivity index is 0.00000117. The average Bonchev–Trinajstić information content (AvgIpc) is 2.72. The molecule has 1 heterocycles. The van der Waals surface area contributed by atoms with E-state index in [0.717, 1.165) is 37.5 Å². The lowest BCUT2D eigenvalue weighted by Crippen LogP contribution is -2.28. The minimum Gasteiger partial charge on any atom is -0.351 e. The summed E-state index contributed by atoms with van der Waals surface area (Å²) in [7, 11) is 0. The zero-order valence-electron chi connectivity index (χ0n) is 15.8. The lowest BCUT2D eigenvalue weighted by molar-refractivity contribution is 0.435. The Bertz CT molecular complexity index is 690. The third-order valence-electron chi connectivity index (χ3n) is 4.21. The number of nitrogens with zero attached hydrogens (tertiary/aromatic N) is 1. The van der Waals surface area contributed by atoms with E-state index in [1.807, 2.05) is 38.1 Å². The summed E-state index contributed by atoms with van der Waals surface area (Å²) in [6.45, 7) is 6.98. The molecular formula is C23H29ClN2. The Hall–Kier alpha value is -2.03. The van der Waals surface area contributed by atoms with Crippen molar-refractivity contribution in [3.05, 3.63) is 88.7 Å². The topological polar surface area (TPSA) is 15.3 Å². The minimum atomic E-state index is 0.772. The van der Waals surface area contributed by atoms with Crippen molar-refractivity contribution in [2.75, 3.05) is 19.6 Å². The molecule has 0 spiro atoms. The molecule has 0 fully saturated rings. The smallest absolute Gasteiger partial charge is 0.0406 e. The molecule has 2 aromatic rings. The summed E-state index contributed by atoms with van der Waals surface area (Å²) >= 11 is 5.96. The van der Waals surface area contributed by atoms with Gasteiger partial charge in [-0.2, -0.15) is 0 Å². The predicted molar refractivity (Wildman–Crippen MR) is 114 cm³/mol. The van der Waals surface area contributed by atoms with Crippen LogP contribution in [0.15, 0.2) is 72.6 Å². The van der Waals surface area contributed by atoms with Crippen molar-refractivity contribution in [3.8, 4) is 0 Å². The van der Waals surface area contributed by atoms with Crippen LogP contribution in [0.25, 0.3) is 6.08 Å². The second-order valence-electron chi connectivity index (χ2n) is 5.95. The second-order valence-corrected chi connectivity index (χ2v) is 6.38. The van der Waals surface area contributed by atoms with E-state index >= 15 is 0 Å². The number of halogens is 1. The van der Waals surface area contributed by atoms with Gasteiger partial charge in [0.25, 0.3) is 0 Å². The van der Waals surface area contributed by atoms with E-state index in [0.29, 0.717) is 0 Å². The molecule has 3 heteroatoms. The van der Waals surface area contributed by atoms with Gasteiger partial charge in [-0.3, -0.25) is 0 Å². The van der Waals surface area contributed by atoms with Crippen LogP contribution in [-0.4, -0.2) is 24.5 Å². The summed E-state index contributed by atoms with van der Waals surface area (Å²) in [4.78, 5) is 2.38. The largest absolute Gasteiger partial charge is 0.351 e. The van der Waals surface area contributed by atoms with Crippen LogP contribution in [0, 0.1) is 0 Å². The molecule has 0 unspecified atom stereocenters. The van der Waals surface area contributed by atoms with Gasteiger partial charge in [0.2, 0.25) is 0 Å². The molecule has 0 amide bonds. The van der Waals surface area contributed by atoms with Crippen LogP contribution in [0.5, 0.6) is 0 Å². The van der Waals surface area contributed by atoms with E-state index < -0.39 is 0 Å². The van der Waals surface area contributed by atoms with E-state index in [1.165, 1.54) is 16.8 Å². The third-order valence-corrected chi connectivity index (χ3v) is 4.46. The first kappa shape index (κ1) is 20.3. The third kappa shape index (κ3) is 6.70. The molecule has 1 aliphatic rings. The van der Waals surface area contributed by atoms with Gasteiger partial charge in [-0.15, -0.1) is 0 Å². The molecule has 1 aliphatic heterocycles.